The molecule has 14 nitrogen and oxygen atoms in total. The van der Waals surface area contributed by atoms with Crippen LogP contribution >= 0.6 is 0 Å². The number of aromatic nitrogens is 2. The highest BCUT2D eigenvalue weighted by Crippen LogP contribution is 2.39. The number of benzene rings is 4. The Morgan fingerprint density at radius 3 is 2.35 bits per heavy atom. The highest BCUT2D eigenvalue weighted by molar-refractivity contribution is 7.92. The zero-order valence-electron chi connectivity index (χ0n) is 35.5. The fourth-order valence-electron chi connectivity index (χ4n) is 7.07. The summed E-state index contributed by atoms with van der Waals surface area (Å²) in [6.45, 7) is 12.2. The van der Waals surface area contributed by atoms with Gasteiger partial charge in [0, 0.05) is 56.3 Å². The summed E-state index contributed by atoms with van der Waals surface area (Å²) in [5, 5.41) is 3.73. The van der Waals surface area contributed by atoms with E-state index in [9.17, 15) is 21.6 Å². The number of nitrogens with one attached hydrogen (secondary N) is 2. The van der Waals surface area contributed by atoms with Crippen LogP contribution in [0.5, 0.6) is 11.5 Å². The molecule has 0 spiro atoms. The third kappa shape index (κ3) is 10.8. The number of aryl methyl sites for hydroxylation is 1. The van der Waals surface area contributed by atoms with Gasteiger partial charge in [0.15, 0.2) is 5.75 Å². The molecular weight excluding hydrogens is 805 g/mol. The standard InChI is InChI=1S/C44H54N6O8S2/c1-29-10-11-32(43(51)47-39-25-34(44(2,3)4)26-40(42(39)57-7)48-59(8,52)53)24-37(29)31-12-13-38-33(23-31)28-45-41(46-38)22-30-20-35(56-6)27-36(21-30)60(54,55)49(5)14-9-15-50-16-18-58-19-17-50/h10-13,20-21,23-28,48H,9,14-19,22H2,1-8H3,(H,47,51). The summed E-state index contributed by atoms with van der Waals surface area (Å²) in [6.07, 6.45) is 3.79. The van der Waals surface area contributed by atoms with Gasteiger partial charge in [-0.3, -0.25) is 14.4 Å². The first-order chi connectivity index (χ1) is 28.3. The molecule has 1 amide bonds. The van der Waals surface area contributed by atoms with E-state index < -0.39 is 26.0 Å². The van der Waals surface area contributed by atoms with Crippen molar-refractivity contribution in [2.24, 2.45) is 0 Å². The number of anilines is 2. The normalized spacial score (nSPS) is 14.0. The van der Waals surface area contributed by atoms with Crippen LogP contribution in [0.15, 0.2) is 77.8 Å². The van der Waals surface area contributed by atoms with Crippen LogP contribution in [-0.4, -0.2) is 109 Å². The SMILES string of the molecule is COc1cc(Cc2ncc3cc(-c4cc(C(=O)Nc5cc(C(C)(C)C)cc(NS(C)(=O)=O)c5OC)ccc4C)ccc3n2)cc(S(=O)(=O)N(C)CCCN2CCOCC2)c1. The number of hydrogen-bond donors (Lipinski definition) is 2. The lowest BCUT2D eigenvalue weighted by molar-refractivity contribution is 0.0370. The van der Waals surface area contributed by atoms with E-state index in [0.717, 1.165) is 53.5 Å². The molecule has 0 unspecified atom stereocenters. The summed E-state index contributed by atoms with van der Waals surface area (Å²) in [5.41, 5.74) is 5.42. The van der Waals surface area contributed by atoms with E-state index in [-0.39, 0.29) is 28.2 Å². The van der Waals surface area contributed by atoms with Crippen molar-refractivity contribution in [3.63, 3.8) is 0 Å². The Kier molecular flexibility index (Phi) is 13.5. The number of ether oxygens (including phenoxy) is 3. The van der Waals surface area contributed by atoms with Crippen LogP contribution in [-0.2, 0) is 36.6 Å². The lowest BCUT2D eigenvalue weighted by atomic mass is 9.86. The second kappa shape index (κ2) is 18.2. The fraction of sp³-hybridized carbons (Fsp3) is 0.386. The molecule has 0 bridgehead atoms. The number of amides is 1. The largest absolute Gasteiger partial charge is 0.497 e. The van der Waals surface area contributed by atoms with Gasteiger partial charge < -0.3 is 19.5 Å². The lowest BCUT2D eigenvalue weighted by Crippen LogP contribution is -2.38. The van der Waals surface area contributed by atoms with Gasteiger partial charge >= 0.3 is 0 Å². The van der Waals surface area contributed by atoms with Crippen LogP contribution in [0.3, 0.4) is 0 Å². The fourth-order valence-corrected chi connectivity index (χ4v) is 8.91. The van der Waals surface area contributed by atoms with Crippen molar-refractivity contribution >= 4 is 48.2 Å². The molecule has 1 aliphatic heterocycles. The zero-order valence-corrected chi connectivity index (χ0v) is 37.1. The number of rotatable bonds is 15. The molecule has 16 heteroatoms. The molecule has 320 valence electrons. The van der Waals surface area contributed by atoms with Crippen molar-refractivity contribution in [2.75, 3.05) is 77.0 Å². The number of methoxy groups -OCH3 is 2. The number of nitrogens with zero attached hydrogens (tertiary/aromatic N) is 4. The molecule has 0 radical (unpaired) electrons. The topological polar surface area (TPSA) is 169 Å². The van der Waals surface area contributed by atoms with Crippen LogP contribution in [0.4, 0.5) is 11.4 Å². The number of sulfonamides is 2. The maximum Gasteiger partial charge on any atom is 0.255 e. The third-order valence-corrected chi connectivity index (χ3v) is 12.9. The van der Waals surface area contributed by atoms with Crippen molar-refractivity contribution in [1.29, 1.82) is 0 Å². The first-order valence-corrected chi connectivity index (χ1v) is 23.0. The Morgan fingerprint density at radius 2 is 1.67 bits per heavy atom. The van der Waals surface area contributed by atoms with Crippen molar-refractivity contribution in [3.8, 4) is 22.6 Å². The number of carbonyl (C=O) groups is 1. The average molecular weight is 859 g/mol. The monoisotopic (exact) mass is 858 g/mol. The van der Waals surface area contributed by atoms with Gasteiger partial charge in [-0.2, -0.15) is 0 Å². The Balaban J connectivity index is 1.21. The second-order valence-corrected chi connectivity index (χ2v) is 19.9. The molecule has 1 aromatic heterocycles. The minimum absolute atomic E-state index is 0.147. The highest BCUT2D eigenvalue weighted by atomic mass is 32.2. The summed E-state index contributed by atoms with van der Waals surface area (Å²) >= 11 is 0. The van der Waals surface area contributed by atoms with E-state index in [1.807, 2.05) is 58.0 Å². The van der Waals surface area contributed by atoms with Crippen molar-refractivity contribution < 1.29 is 35.8 Å². The van der Waals surface area contributed by atoms with Crippen molar-refractivity contribution in [2.45, 2.75) is 50.8 Å². The molecule has 1 saturated heterocycles. The van der Waals surface area contributed by atoms with Crippen molar-refractivity contribution in [1.82, 2.24) is 19.2 Å². The quantitative estimate of drug-likeness (QED) is 0.118. The number of hydrogen-bond acceptors (Lipinski definition) is 11. The van der Waals surface area contributed by atoms with Crippen LogP contribution in [0.1, 0.15) is 60.1 Å². The molecule has 60 heavy (non-hydrogen) atoms. The molecule has 0 saturated carbocycles. The Morgan fingerprint density at radius 1 is 0.933 bits per heavy atom. The van der Waals surface area contributed by atoms with Crippen molar-refractivity contribution in [3.05, 3.63) is 101 Å². The van der Waals surface area contributed by atoms with Gasteiger partial charge in [0.1, 0.15) is 11.6 Å². The molecule has 1 aliphatic rings. The highest BCUT2D eigenvalue weighted by Gasteiger charge is 2.25. The maximum atomic E-state index is 13.8. The van der Waals surface area contributed by atoms with Gasteiger partial charge in [-0.15, -0.1) is 0 Å². The Hall–Kier alpha value is -5.13. The molecule has 0 atom stereocenters. The summed E-state index contributed by atoms with van der Waals surface area (Å²) in [4.78, 5) is 25.7. The Bertz CT molecular complexity index is 2610. The van der Waals surface area contributed by atoms with Crippen LogP contribution in [0.2, 0.25) is 0 Å². The molecular formula is C44H54N6O8S2. The molecule has 6 rings (SSSR count). The molecule has 1 fully saturated rings. The Labute approximate surface area is 353 Å². The number of morpholine rings is 1. The number of carbonyl (C=O) groups excluding carboxylic acids is 1. The molecule has 5 aromatic rings. The van der Waals surface area contributed by atoms with Crippen LogP contribution < -0.4 is 19.5 Å². The van der Waals surface area contributed by atoms with E-state index in [1.54, 1.807) is 43.6 Å². The first-order valence-electron chi connectivity index (χ1n) is 19.7. The van der Waals surface area contributed by atoms with Gasteiger partial charge in [-0.05, 0) is 102 Å². The van der Waals surface area contributed by atoms with Gasteiger partial charge in [0.25, 0.3) is 5.91 Å². The summed E-state index contributed by atoms with van der Waals surface area (Å²) in [6, 6.07) is 19.7. The minimum atomic E-state index is -3.79. The molecule has 4 aromatic carbocycles. The minimum Gasteiger partial charge on any atom is -0.497 e. The molecule has 2 N–H and O–H groups in total. The second-order valence-electron chi connectivity index (χ2n) is 16.1. The first kappa shape index (κ1) is 44.4. The summed E-state index contributed by atoms with van der Waals surface area (Å²) in [7, 11) is -2.90. The lowest BCUT2D eigenvalue weighted by Gasteiger charge is -2.27. The van der Waals surface area contributed by atoms with Gasteiger partial charge in [-0.25, -0.2) is 31.1 Å². The van der Waals surface area contributed by atoms with Gasteiger partial charge in [-0.1, -0.05) is 32.9 Å². The molecule has 0 aliphatic carbocycles. The van der Waals surface area contributed by atoms with E-state index in [0.29, 0.717) is 60.1 Å². The van der Waals surface area contributed by atoms with Gasteiger partial charge in [0.05, 0.1) is 55.5 Å². The maximum absolute atomic E-state index is 13.8. The van der Waals surface area contributed by atoms with E-state index in [2.05, 4.69) is 19.9 Å². The summed E-state index contributed by atoms with van der Waals surface area (Å²) < 4.78 is 72.2. The summed E-state index contributed by atoms with van der Waals surface area (Å²) in [5.74, 6) is 0.735. The molecule has 2 heterocycles. The van der Waals surface area contributed by atoms with E-state index in [4.69, 9.17) is 19.2 Å². The van der Waals surface area contributed by atoms with E-state index >= 15 is 0 Å². The third-order valence-electron chi connectivity index (χ3n) is 10.4. The van der Waals surface area contributed by atoms with E-state index in [1.165, 1.54) is 24.6 Å². The van der Waals surface area contributed by atoms with Crippen LogP contribution in [0, 0.1) is 6.92 Å². The smallest absolute Gasteiger partial charge is 0.255 e. The predicted octanol–water partition coefficient (Wildman–Crippen LogP) is 6.48. The predicted molar refractivity (Wildman–Crippen MR) is 235 cm³/mol. The average Bonchev–Trinajstić information content (AvgIpc) is 3.20. The number of fused-ring (bicyclic) bond motifs is 1. The van der Waals surface area contributed by atoms with Crippen LogP contribution in [0.25, 0.3) is 22.0 Å². The zero-order chi connectivity index (χ0) is 43.4. The van der Waals surface area contributed by atoms with Gasteiger partial charge in [0.2, 0.25) is 20.0 Å².